The largest absolute Gasteiger partial charge is 0.496 e. The molecule has 0 aromatic heterocycles. The molecule has 1 aromatic rings. The number of carbonyl (C=O) groups is 2. The second-order valence-corrected chi connectivity index (χ2v) is 3.91. The van der Waals surface area contributed by atoms with Crippen LogP contribution in [-0.2, 0) is 9.53 Å². The van der Waals surface area contributed by atoms with Gasteiger partial charge in [-0.15, -0.1) is 0 Å². The van der Waals surface area contributed by atoms with Crippen LogP contribution in [0.4, 0.5) is 5.69 Å². The number of methoxy groups -OCH3 is 1. The lowest BCUT2D eigenvalue weighted by molar-refractivity contribution is -0.144. The number of amides is 1. The van der Waals surface area contributed by atoms with Crippen molar-refractivity contribution in [1.82, 2.24) is 5.32 Å². The van der Waals surface area contributed by atoms with Gasteiger partial charge in [0.15, 0.2) is 0 Å². The Morgan fingerprint density at radius 2 is 2.11 bits per heavy atom. The maximum atomic E-state index is 12.0. The standard InChI is InChI=1S/C13H18N2O4/c1-4-19-13(17)8(2)15-12(16)10-7-9(14)5-6-11(10)18-3/h5-8H,4,14H2,1-3H3,(H,15,16). The van der Waals surface area contributed by atoms with E-state index in [1.807, 2.05) is 0 Å². The van der Waals surface area contributed by atoms with Crippen molar-refractivity contribution in [1.29, 1.82) is 0 Å². The van der Waals surface area contributed by atoms with Crippen LogP contribution in [0.25, 0.3) is 0 Å². The summed E-state index contributed by atoms with van der Waals surface area (Å²) in [7, 11) is 1.46. The second-order valence-electron chi connectivity index (χ2n) is 3.91. The normalized spacial score (nSPS) is 11.5. The van der Waals surface area contributed by atoms with E-state index in [0.717, 1.165) is 0 Å². The number of ether oxygens (including phenoxy) is 2. The predicted octanol–water partition coefficient (Wildman–Crippen LogP) is 0.959. The Morgan fingerprint density at radius 1 is 1.42 bits per heavy atom. The lowest BCUT2D eigenvalue weighted by atomic mass is 10.1. The highest BCUT2D eigenvalue weighted by atomic mass is 16.5. The minimum atomic E-state index is -0.737. The molecular formula is C13H18N2O4. The highest BCUT2D eigenvalue weighted by Gasteiger charge is 2.19. The topological polar surface area (TPSA) is 90.7 Å². The number of anilines is 1. The van der Waals surface area contributed by atoms with Gasteiger partial charge >= 0.3 is 5.97 Å². The fourth-order valence-corrected chi connectivity index (χ4v) is 1.50. The minimum Gasteiger partial charge on any atom is -0.496 e. The molecule has 1 aromatic carbocycles. The first-order valence-corrected chi connectivity index (χ1v) is 5.90. The van der Waals surface area contributed by atoms with Gasteiger partial charge in [0.25, 0.3) is 5.91 Å². The lowest BCUT2D eigenvalue weighted by Gasteiger charge is -2.14. The molecule has 6 nitrogen and oxygen atoms in total. The first-order valence-electron chi connectivity index (χ1n) is 5.90. The maximum absolute atomic E-state index is 12.0. The van der Waals surface area contributed by atoms with Crippen molar-refractivity contribution in [3.63, 3.8) is 0 Å². The Morgan fingerprint density at radius 3 is 2.68 bits per heavy atom. The number of hydrogen-bond donors (Lipinski definition) is 2. The van der Waals surface area contributed by atoms with Gasteiger partial charge in [0.2, 0.25) is 0 Å². The molecule has 104 valence electrons. The third-order valence-corrected chi connectivity index (χ3v) is 2.46. The number of nitrogens with two attached hydrogens (primary N) is 1. The third kappa shape index (κ3) is 3.87. The molecule has 0 radical (unpaired) electrons. The summed E-state index contributed by atoms with van der Waals surface area (Å²) in [5.41, 5.74) is 6.35. The molecule has 1 unspecified atom stereocenters. The molecule has 6 heteroatoms. The highest BCUT2D eigenvalue weighted by molar-refractivity contribution is 5.99. The van der Waals surface area contributed by atoms with Crippen LogP contribution in [0.5, 0.6) is 5.75 Å². The number of hydrogen-bond acceptors (Lipinski definition) is 5. The molecule has 0 fully saturated rings. The van der Waals surface area contributed by atoms with Gasteiger partial charge in [-0.1, -0.05) is 0 Å². The Hall–Kier alpha value is -2.24. The van der Waals surface area contributed by atoms with Crippen LogP contribution in [0.3, 0.4) is 0 Å². The van der Waals surface area contributed by atoms with E-state index in [-0.39, 0.29) is 12.2 Å². The number of benzene rings is 1. The van der Waals surface area contributed by atoms with Crippen LogP contribution < -0.4 is 15.8 Å². The van der Waals surface area contributed by atoms with E-state index >= 15 is 0 Å². The fourth-order valence-electron chi connectivity index (χ4n) is 1.50. The predicted molar refractivity (Wildman–Crippen MR) is 71.0 cm³/mol. The van der Waals surface area contributed by atoms with E-state index in [1.54, 1.807) is 26.0 Å². The van der Waals surface area contributed by atoms with Gasteiger partial charge in [0.1, 0.15) is 11.8 Å². The molecule has 0 aliphatic rings. The van der Waals surface area contributed by atoms with Crippen molar-refractivity contribution in [3.8, 4) is 5.75 Å². The molecule has 0 bridgehead atoms. The van der Waals surface area contributed by atoms with E-state index in [0.29, 0.717) is 11.4 Å². The zero-order valence-corrected chi connectivity index (χ0v) is 11.2. The Bertz CT molecular complexity index is 474. The first-order chi connectivity index (χ1) is 8.99. The second kappa shape index (κ2) is 6.63. The molecular weight excluding hydrogens is 248 g/mol. The van der Waals surface area contributed by atoms with Crippen LogP contribution in [0.2, 0.25) is 0 Å². The van der Waals surface area contributed by atoms with Crippen molar-refractivity contribution in [2.75, 3.05) is 19.5 Å². The fraction of sp³-hybridized carbons (Fsp3) is 0.385. The molecule has 0 aliphatic carbocycles. The van der Waals surface area contributed by atoms with Crippen LogP contribution in [-0.4, -0.2) is 31.6 Å². The number of nitrogen functional groups attached to an aromatic ring is 1. The van der Waals surface area contributed by atoms with Crippen molar-refractivity contribution in [2.45, 2.75) is 19.9 Å². The molecule has 0 saturated carbocycles. The van der Waals surface area contributed by atoms with Gasteiger partial charge in [-0.25, -0.2) is 4.79 Å². The summed E-state index contributed by atoms with van der Waals surface area (Å²) in [6.45, 7) is 3.52. The SMILES string of the molecule is CCOC(=O)C(C)NC(=O)c1cc(N)ccc1OC. The Balaban J connectivity index is 2.83. The van der Waals surface area contributed by atoms with Crippen molar-refractivity contribution >= 4 is 17.6 Å². The monoisotopic (exact) mass is 266 g/mol. The van der Waals surface area contributed by atoms with Gasteiger partial charge in [-0.05, 0) is 32.0 Å². The summed E-state index contributed by atoms with van der Waals surface area (Å²) in [6.07, 6.45) is 0. The number of carbonyl (C=O) groups excluding carboxylic acids is 2. The van der Waals surface area contributed by atoms with E-state index < -0.39 is 17.9 Å². The molecule has 1 rings (SSSR count). The van der Waals surface area contributed by atoms with Crippen LogP contribution >= 0.6 is 0 Å². The molecule has 19 heavy (non-hydrogen) atoms. The van der Waals surface area contributed by atoms with E-state index in [2.05, 4.69) is 5.32 Å². The van der Waals surface area contributed by atoms with Crippen LogP contribution in [0.15, 0.2) is 18.2 Å². The van der Waals surface area contributed by atoms with E-state index in [1.165, 1.54) is 13.2 Å². The average molecular weight is 266 g/mol. The van der Waals surface area contributed by atoms with Crippen LogP contribution in [0.1, 0.15) is 24.2 Å². The molecule has 1 amide bonds. The van der Waals surface area contributed by atoms with Crippen molar-refractivity contribution in [2.24, 2.45) is 0 Å². The van der Waals surface area contributed by atoms with Crippen molar-refractivity contribution < 1.29 is 19.1 Å². The third-order valence-electron chi connectivity index (χ3n) is 2.46. The Kier molecular flexibility index (Phi) is 5.17. The molecule has 0 aliphatic heterocycles. The smallest absolute Gasteiger partial charge is 0.328 e. The molecule has 0 saturated heterocycles. The molecule has 1 atom stereocenters. The minimum absolute atomic E-state index is 0.265. The summed E-state index contributed by atoms with van der Waals surface area (Å²) in [4.78, 5) is 23.5. The average Bonchev–Trinajstić information content (AvgIpc) is 2.38. The van der Waals surface area contributed by atoms with Crippen molar-refractivity contribution in [3.05, 3.63) is 23.8 Å². The molecule has 3 N–H and O–H groups in total. The summed E-state index contributed by atoms with van der Waals surface area (Å²) >= 11 is 0. The van der Waals surface area contributed by atoms with Crippen LogP contribution in [0, 0.1) is 0 Å². The van der Waals surface area contributed by atoms with E-state index in [4.69, 9.17) is 15.2 Å². The van der Waals surface area contributed by atoms with Gasteiger partial charge in [-0.3, -0.25) is 4.79 Å². The summed E-state index contributed by atoms with van der Waals surface area (Å²) in [6, 6.07) is 3.98. The zero-order valence-electron chi connectivity index (χ0n) is 11.2. The highest BCUT2D eigenvalue weighted by Crippen LogP contribution is 2.20. The molecule has 0 heterocycles. The Labute approximate surface area is 111 Å². The first kappa shape index (κ1) is 14.8. The summed E-state index contributed by atoms with van der Waals surface area (Å²) < 4.78 is 9.89. The number of nitrogens with one attached hydrogen (secondary N) is 1. The number of rotatable bonds is 5. The zero-order chi connectivity index (χ0) is 14.4. The summed E-state index contributed by atoms with van der Waals surface area (Å²) in [5, 5.41) is 2.53. The van der Waals surface area contributed by atoms with Gasteiger partial charge in [0, 0.05) is 5.69 Å². The van der Waals surface area contributed by atoms with Gasteiger partial charge in [0.05, 0.1) is 19.3 Å². The summed E-state index contributed by atoms with van der Waals surface area (Å²) in [5.74, 6) is -0.536. The van der Waals surface area contributed by atoms with Gasteiger partial charge in [-0.2, -0.15) is 0 Å². The van der Waals surface area contributed by atoms with E-state index in [9.17, 15) is 9.59 Å². The maximum Gasteiger partial charge on any atom is 0.328 e. The quantitative estimate of drug-likeness (QED) is 0.612. The van der Waals surface area contributed by atoms with Gasteiger partial charge < -0.3 is 20.5 Å². The lowest BCUT2D eigenvalue weighted by Crippen LogP contribution is -2.39. The molecule has 0 spiro atoms. The number of esters is 1.